The van der Waals surface area contributed by atoms with Crippen LogP contribution in [0.3, 0.4) is 0 Å². The quantitative estimate of drug-likeness (QED) is 0.678. The molecule has 0 saturated carbocycles. The maximum absolute atomic E-state index is 11.5. The molecule has 2 N–H and O–H groups in total. The number of hydrogen-bond donors (Lipinski definition) is 1. The normalized spacial score (nSPS) is 15.6. The highest BCUT2D eigenvalue weighted by molar-refractivity contribution is 5.75. The van der Waals surface area contributed by atoms with E-state index in [1.807, 2.05) is 27.7 Å². The van der Waals surface area contributed by atoms with Crippen LogP contribution in [-0.2, 0) is 14.3 Å². The number of methoxy groups -OCH3 is 1. The number of carbonyl (C=O) groups is 1. The molecule has 0 spiro atoms. The fourth-order valence-corrected chi connectivity index (χ4v) is 1.08. The van der Waals surface area contributed by atoms with Crippen molar-refractivity contribution in [3.8, 4) is 0 Å². The summed E-state index contributed by atoms with van der Waals surface area (Å²) in [7, 11) is 1.65. The molecule has 0 aliphatic heterocycles. The molecule has 0 unspecified atom stereocenters. The second-order valence-electron chi connectivity index (χ2n) is 4.79. The van der Waals surface area contributed by atoms with Crippen molar-refractivity contribution in [2.24, 2.45) is 11.7 Å². The van der Waals surface area contributed by atoms with Gasteiger partial charge in [-0.2, -0.15) is 0 Å². The summed E-state index contributed by atoms with van der Waals surface area (Å²) in [4.78, 5) is 11.5. The van der Waals surface area contributed by atoms with E-state index >= 15 is 0 Å². The Kier molecular flexibility index (Phi) is 6.60. The van der Waals surface area contributed by atoms with Gasteiger partial charge in [-0.15, -0.1) is 0 Å². The third-order valence-corrected chi connectivity index (χ3v) is 3.03. The molecule has 0 rings (SSSR count). The van der Waals surface area contributed by atoms with Gasteiger partial charge in [-0.3, -0.25) is 4.79 Å². The van der Waals surface area contributed by atoms with Crippen molar-refractivity contribution < 1.29 is 14.3 Å². The van der Waals surface area contributed by atoms with Crippen molar-refractivity contribution in [2.45, 2.75) is 52.2 Å². The van der Waals surface area contributed by atoms with Crippen LogP contribution in [0.4, 0.5) is 0 Å². The molecular weight excluding hydrogens is 206 g/mol. The van der Waals surface area contributed by atoms with Crippen LogP contribution < -0.4 is 5.73 Å². The van der Waals surface area contributed by atoms with Gasteiger partial charge < -0.3 is 15.2 Å². The predicted molar refractivity (Wildman–Crippen MR) is 64.1 cm³/mol. The average molecular weight is 231 g/mol. The highest BCUT2D eigenvalue weighted by Crippen LogP contribution is 2.13. The molecule has 0 aromatic carbocycles. The SMILES string of the molecule is CC[C@H](C)[C@H](N)C(=O)OCCC(C)(C)OC. The first kappa shape index (κ1) is 15.4. The summed E-state index contributed by atoms with van der Waals surface area (Å²) in [5.41, 5.74) is 5.48. The minimum atomic E-state index is -0.518. The van der Waals surface area contributed by atoms with E-state index in [0.717, 1.165) is 6.42 Å². The lowest BCUT2D eigenvalue weighted by molar-refractivity contribution is -0.148. The van der Waals surface area contributed by atoms with Crippen LogP contribution in [0.1, 0.15) is 40.5 Å². The molecule has 0 bridgehead atoms. The van der Waals surface area contributed by atoms with E-state index in [1.54, 1.807) is 7.11 Å². The largest absolute Gasteiger partial charge is 0.464 e. The lowest BCUT2D eigenvalue weighted by Gasteiger charge is -2.23. The fourth-order valence-electron chi connectivity index (χ4n) is 1.08. The number of nitrogens with two attached hydrogens (primary N) is 1. The molecule has 0 saturated heterocycles. The van der Waals surface area contributed by atoms with Crippen LogP contribution >= 0.6 is 0 Å². The van der Waals surface area contributed by atoms with E-state index in [0.29, 0.717) is 13.0 Å². The van der Waals surface area contributed by atoms with Gasteiger partial charge in [-0.1, -0.05) is 20.3 Å². The molecule has 0 aliphatic rings. The first-order valence-electron chi connectivity index (χ1n) is 5.81. The van der Waals surface area contributed by atoms with Gasteiger partial charge >= 0.3 is 5.97 Å². The Morgan fingerprint density at radius 1 is 1.44 bits per heavy atom. The first-order valence-corrected chi connectivity index (χ1v) is 5.81. The zero-order valence-corrected chi connectivity index (χ0v) is 11.1. The van der Waals surface area contributed by atoms with Gasteiger partial charge in [0.05, 0.1) is 12.2 Å². The fraction of sp³-hybridized carbons (Fsp3) is 0.917. The minimum absolute atomic E-state index is 0.155. The summed E-state index contributed by atoms with van der Waals surface area (Å²) >= 11 is 0. The zero-order chi connectivity index (χ0) is 12.8. The molecule has 4 nitrogen and oxygen atoms in total. The smallest absolute Gasteiger partial charge is 0.323 e. The molecular formula is C12H25NO3. The van der Waals surface area contributed by atoms with Crippen molar-refractivity contribution >= 4 is 5.97 Å². The molecule has 0 aromatic rings. The molecule has 16 heavy (non-hydrogen) atoms. The van der Waals surface area contributed by atoms with E-state index in [4.69, 9.17) is 15.2 Å². The lowest BCUT2D eigenvalue weighted by atomic mass is 10.0. The van der Waals surface area contributed by atoms with Crippen LogP contribution in [-0.4, -0.2) is 31.3 Å². The van der Waals surface area contributed by atoms with Crippen molar-refractivity contribution in [3.05, 3.63) is 0 Å². The van der Waals surface area contributed by atoms with Gasteiger partial charge in [0.1, 0.15) is 6.04 Å². The maximum atomic E-state index is 11.5. The van der Waals surface area contributed by atoms with Gasteiger partial charge in [-0.05, 0) is 19.8 Å². The maximum Gasteiger partial charge on any atom is 0.323 e. The van der Waals surface area contributed by atoms with E-state index < -0.39 is 6.04 Å². The molecule has 0 heterocycles. The topological polar surface area (TPSA) is 61.6 Å². The van der Waals surface area contributed by atoms with Crippen LogP contribution in [0, 0.1) is 5.92 Å². The van der Waals surface area contributed by atoms with Crippen LogP contribution in [0.15, 0.2) is 0 Å². The van der Waals surface area contributed by atoms with E-state index in [2.05, 4.69) is 0 Å². The zero-order valence-electron chi connectivity index (χ0n) is 11.1. The van der Waals surface area contributed by atoms with Crippen molar-refractivity contribution in [2.75, 3.05) is 13.7 Å². The van der Waals surface area contributed by atoms with Crippen molar-refractivity contribution in [1.29, 1.82) is 0 Å². The van der Waals surface area contributed by atoms with Crippen molar-refractivity contribution in [3.63, 3.8) is 0 Å². The third kappa shape index (κ3) is 5.47. The molecule has 0 radical (unpaired) electrons. The molecule has 0 aliphatic carbocycles. The van der Waals surface area contributed by atoms with E-state index in [9.17, 15) is 4.79 Å². The van der Waals surface area contributed by atoms with Gasteiger partial charge in [0.2, 0.25) is 0 Å². The summed E-state index contributed by atoms with van der Waals surface area (Å²) in [6, 6.07) is -0.518. The first-order chi connectivity index (χ1) is 7.34. The van der Waals surface area contributed by atoms with Crippen LogP contribution in [0.5, 0.6) is 0 Å². The number of esters is 1. The van der Waals surface area contributed by atoms with Gasteiger partial charge in [0.25, 0.3) is 0 Å². The molecule has 0 fully saturated rings. The number of carbonyl (C=O) groups excluding carboxylic acids is 1. The highest BCUT2D eigenvalue weighted by Gasteiger charge is 2.22. The summed E-state index contributed by atoms with van der Waals surface area (Å²) in [5, 5.41) is 0. The highest BCUT2D eigenvalue weighted by atomic mass is 16.5. The lowest BCUT2D eigenvalue weighted by Crippen LogP contribution is -2.38. The molecule has 2 atom stereocenters. The van der Waals surface area contributed by atoms with Crippen LogP contribution in [0.2, 0.25) is 0 Å². The third-order valence-electron chi connectivity index (χ3n) is 3.03. The standard InChI is InChI=1S/C12H25NO3/c1-6-9(2)10(13)11(14)16-8-7-12(3,4)15-5/h9-10H,6-8,13H2,1-5H3/t9-,10-/m0/s1. The second kappa shape index (κ2) is 6.86. The second-order valence-corrected chi connectivity index (χ2v) is 4.79. The summed E-state index contributed by atoms with van der Waals surface area (Å²) < 4.78 is 10.3. The van der Waals surface area contributed by atoms with E-state index in [-0.39, 0.29) is 17.5 Å². The van der Waals surface area contributed by atoms with Gasteiger partial charge in [0, 0.05) is 13.5 Å². The molecule has 0 aromatic heterocycles. The Bertz CT molecular complexity index is 216. The molecule has 4 heteroatoms. The Balaban J connectivity index is 3.90. The van der Waals surface area contributed by atoms with Crippen molar-refractivity contribution in [1.82, 2.24) is 0 Å². The average Bonchev–Trinajstić information content (AvgIpc) is 2.26. The summed E-state index contributed by atoms with van der Waals surface area (Å²) in [6.45, 7) is 8.21. The Hall–Kier alpha value is -0.610. The summed E-state index contributed by atoms with van der Waals surface area (Å²) in [5.74, 6) is -0.163. The number of ether oxygens (including phenoxy) is 2. The number of hydrogen-bond acceptors (Lipinski definition) is 4. The Morgan fingerprint density at radius 3 is 2.44 bits per heavy atom. The number of rotatable bonds is 7. The minimum Gasteiger partial charge on any atom is -0.464 e. The molecule has 0 amide bonds. The predicted octanol–water partition coefficient (Wildman–Crippen LogP) is 1.72. The Morgan fingerprint density at radius 2 is 2.00 bits per heavy atom. The van der Waals surface area contributed by atoms with Gasteiger partial charge in [0.15, 0.2) is 0 Å². The Labute approximate surface area is 98.5 Å². The van der Waals surface area contributed by atoms with Gasteiger partial charge in [-0.25, -0.2) is 0 Å². The molecule has 96 valence electrons. The van der Waals surface area contributed by atoms with E-state index in [1.165, 1.54) is 0 Å². The van der Waals surface area contributed by atoms with Crippen LogP contribution in [0.25, 0.3) is 0 Å². The summed E-state index contributed by atoms with van der Waals surface area (Å²) in [6.07, 6.45) is 1.54. The monoisotopic (exact) mass is 231 g/mol.